The smallest absolute Gasteiger partial charge is 0.338 e. The third kappa shape index (κ3) is 5.26. The second-order valence-corrected chi connectivity index (χ2v) is 6.09. The Morgan fingerprint density at radius 2 is 1.83 bits per heavy atom. The minimum absolute atomic E-state index is 0.0730. The molecule has 0 radical (unpaired) electrons. The first-order valence-corrected chi connectivity index (χ1v) is 8.08. The average molecular weight is 333 g/mol. The number of ether oxygens (including phenoxy) is 1. The van der Waals surface area contributed by atoms with Crippen molar-refractivity contribution in [1.82, 2.24) is 10.6 Å². The Bertz CT molecular complexity index is 600. The monoisotopic (exact) mass is 333 g/mol. The van der Waals surface area contributed by atoms with E-state index in [0.29, 0.717) is 11.6 Å². The maximum atomic E-state index is 11.8. The fraction of sp³-hybridized carbons (Fsp3) is 0.471. The number of anilines is 1. The highest BCUT2D eigenvalue weighted by Gasteiger charge is 2.23. The molecule has 1 fully saturated rings. The van der Waals surface area contributed by atoms with Crippen molar-refractivity contribution >= 4 is 23.6 Å². The summed E-state index contributed by atoms with van der Waals surface area (Å²) in [5.41, 5.74) is 6.34. The van der Waals surface area contributed by atoms with Crippen molar-refractivity contribution in [3.63, 3.8) is 0 Å². The van der Waals surface area contributed by atoms with E-state index in [1.807, 2.05) is 0 Å². The van der Waals surface area contributed by atoms with Crippen molar-refractivity contribution in [3.05, 3.63) is 29.8 Å². The quantitative estimate of drug-likeness (QED) is 0.575. The third-order valence-corrected chi connectivity index (χ3v) is 4.16. The Balaban J connectivity index is 1.73. The van der Waals surface area contributed by atoms with Gasteiger partial charge in [0.15, 0.2) is 6.61 Å². The van der Waals surface area contributed by atoms with Crippen LogP contribution in [0.1, 0.15) is 43.0 Å². The summed E-state index contributed by atoms with van der Waals surface area (Å²) in [6, 6.07) is 5.66. The maximum absolute atomic E-state index is 11.8. The lowest BCUT2D eigenvalue weighted by molar-refractivity contribution is -0.123. The second kappa shape index (κ2) is 8.33. The largest absolute Gasteiger partial charge is 0.452 e. The summed E-state index contributed by atoms with van der Waals surface area (Å²) >= 11 is 0. The number of hydrogen-bond donors (Lipinski definition) is 3. The second-order valence-electron chi connectivity index (χ2n) is 6.09. The van der Waals surface area contributed by atoms with Crippen molar-refractivity contribution in [2.24, 2.45) is 5.92 Å². The maximum Gasteiger partial charge on any atom is 0.338 e. The molecule has 0 bridgehead atoms. The lowest BCUT2D eigenvalue weighted by Crippen LogP contribution is -2.48. The molecule has 0 spiro atoms. The number of carbonyl (C=O) groups is 3. The van der Waals surface area contributed by atoms with Gasteiger partial charge in [-0.25, -0.2) is 9.59 Å². The van der Waals surface area contributed by atoms with E-state index >= 15 is 0 Å². The predicted molar refractivity (Wildman–Crippen MR) is 89.2 cm³/mol. The Morgan fingerprint density at radius 1 is 1.17 bits per heavy atom. The van der Waals surface area contributed by atoms with E-state index in [1.54, 1.807) is 12.1 Å². The summed E-state index contributed by atoms with van der Waals surface area (Å²) in [7, 11) is 0. The summed E-state index contributed by atoms with van der Waals surface area (Å²) in [5, 5.41) is 4.98. The molecule has 130 valence electrons. The van der Waals surface area contributed by atoms with Crippen LogP contribution in [-0.2, 0) is 9.53 Å². The topological polar surface area (TPSA) is 111 Å². The van der Waals surface area contributed by atoms with Crippen LogP contribution in [0, 0.1) is 5.92 Å². The van der Waals surface area contributed by atoms with E-state index in [1.165, 1.54) is 18.6 Å². The number of benzene rings is 1. The van der Waals surface area contributed by atoms with Gasteiger partial charge >= 0.3 is 12.0 Å². The SMILES string of the molecule is C[C@H]1CCCC[C@@H]1NC(=O)NC(=O)COC(=O)c1ccc(N)cc1. The van der Waals surface area contributed by atoms with Crippen LogP contribution >= 0.6 is 0 Å². The molecule has 1 aliphatic rings. The molecule has 7 heteroatoms. The van der Waals surface area contributed by atoms with Gasteiger partial charge in [0.1, 0.15) is 0 Å². The van der Waals surface area contributed by atoms with E-state index in [0.717, 1.165) is 19.3 Å². The fourth-order valence-electron chi connectivity index (χ4n) is 2.73. The number of urea groups is 1. The number of rotatable bonds is 4. The van der Waals surface area contributed by atoms with Crippen molar-refractivity contribution in [1.29, 1.82) is 0 Å². The number of nitrogen functional groups attached to an aromatic ring is 1. The molecule has 2 atom stereocenters. The zero-order valence-electron chi connectivity index (χ0n) is 13.7. The van der Waals surface area contributed by atoms with Gasteiger partial charge in [0.25, 0.3) is 5.91 Å². The molecule has 1 saturated carbocycles. The number of imide groups is 1. The molecule has 24 heavy (non-hydrogen) atoms. The molecule has 1 aliphatic carbocycles. The first-order chi connectivity index (χ1) is 11.5. The number of carbonyl (C=O) groups excluding carboxylic acids is 3. The zero-order valence-corrected chi connectivity index (χ0v) is 13.7. The van der Waals surface area contributed by atoms with Crippen LogP contribution in [-0.4, -0.2) is 30.6 Å². The normalized spacial score (nSPS) is 20.0. The van der Waals surface area contributed by atoms with Crippen LogP contribution in [0.2, 0.25) is 0 Å². The molecule has 0 unspecified atom stereocenters. The molecular formula is C17H23N3O4. The van der Waals surface area contributed by atoms with Crippen molar-refractivity contribution in [3.8, 4) is 0 Å². The van der Waals surface area contributed by atoms with Crippen molar-refractivity contribution in [2.75, 3.05) is 12.3 Å². The molecule has 1 aromatic rings. The molecule has 4 N–H and O–H groups in total. The van der Waals surface area contributed by atoms with E-state index in [-0.39, 0.29) is 11.6 Å². The van der Waals surface area contributed by atoms with Gasteiger partial charge in [-0.1, -0.05) is 19.8 Å². The number of amides is 3. The number of esters is 1. The van der Waals surface area contributed by atoms with Crippen LogP contribution in [0.4, 0.5) is 10.5 Å². The van der Waals surface area contributed by atoms with Crippen LogP contribution in [0.5, 0.6) is 0 Å². The Labute approximate surface area is 140 Å². The van der Waals surface area contributed by atoms with Gasteiger partial charge in [0.05, 0.1) is 5.56 Å². The standard InChI is InChI=1S/C17H23N3O4/c1-11-4-2-3-5-14(11)19-17(23)20-15(21)10-24-16(22)12-6-8-13(18)9-7-12/h6-9,11,14H,2-5,10,18H2,1H3,(H2,19,20,21,23)/t11-,14-/m0/s1. The highest BCUT2D eigenvalue weighted by molar-refractivity contribution is 5.97. The minimum Gasteiger partial charge on any atom is -0.452 e. The Hall–Kier alpha value is -2.57. The van der Waals surface area contributed by atoms with Gasteiger partial charge in [-0.3, -0.25) is 10.1 Å². The lowest BCUT2D eigenvalue weighted by Gasteiger charge is -2.29. The highest BCUT2D eigenvalue weighted by Crippen LogP contribution is 2.23. The van der Waals surface area contributed by atoms with E-state index in [9.17, 15) is 14.4 Å². The zero-order chi connectivity index (χ0) is 17.5. The van der Waals surface area contributed by atoms with Gasteiger partial charge in [-0.05, 0) is 43.0 Å². The summed E-state index contributed by atoms with van der Waals surface area (Å²) in [4.78, 5) is 35.3. The van der Waals surface area contributed by atoms with Crippen LogP contribution in [0.15, 0.2) is 24.3 Å². The Kier molecular flexibility index (Phi) is 6.17. The van der Waals surface area contributed by atoms with Gasteiger partial charge in [-0.15, -0.1) is 0 Å². The number of nitrogens with one attached hydrogen (secondary N) is 2. The highest BCUT2D eigenvalue weighted by atomic mass is 16.5. The number of nitrogens with two attached hydrogens (primary N) is 1. The average Bonchev–Trinajstić information content (AvgIpc) is 2.55. The fourth-order valence-corrected chi connectivity index (χ4v) is 2.73. The molecule has 0 aromatic heterocycles. The molecule has 0 saturated heterocycles. The minimum atomic E-state index is -0.667. The first kappa shape index (κ1) is 17.8. The van der Waals surface area contributed by atoms with Crippen molar-refractivity contribution in [2.45, 2.75) is 38.6 Å². The molecule has 7 nitrogen and oxygen atoms in total. The number of hydrogen-bond acceptors (Lipinski definition) is 5. The van der Waals surface area contributed by atoms with Gasteiger partial charge in [0, 0.05) is 11.7 Å². The third-order valence-electron chi connectivity index (χ3n) is 4.16. The van der Waals surface area contributed by atoms with E-state index in [4.69, 9.17) is 10.5 Å². The van der Waals surface area contributed by atoms with Crippen LogP contribution < -0.4 is 16.4 Å². The van der Waals surface area contributed by atoms with Crippen LogP contribution in [0.3, 0.4) is 0 Å². The Morgan fingerprint density at radius 3 is 2.50 bits per heavy atom. The van der Waals surface area contributed by atoms with Gasteiger partial charge in [-0.2, -0.15) is 0 Å². The summed E-state index contributed by atoms with van der Waals surface area (Å²) in [6.07, 6.45) is 4.22. The van der Waals surface area contributed by atoms with E-state index < -0.39 is 24.5 Å². The van der Waals surface area contributed by atoms with Crippen molar-refractivity contribution < 1.29 is 19.1 Å². The predicted octanol–water partition coefficient (Wildman–Crippen LogP) is 1.83. The molecular weight excluding hydrogens is 310 g/mol. The van der Waals surface area contributed by atoms with Gasteiger partial charge < -0.3 is 15.8 Å². The molecule has 1 aromatic carbocycles. The summed E-state index contributed by atoms with van der Waals surface area (Å²) in [5.74, 6) is -0.922. The lowest BCUT2D eigenvalue weighted by atomic mass is 9.86. The van der Waals surface area contributed by atoms with Crippen LogP contribution in [0.25, 0.3) is 0 Å². The summed E-state index contributed by atoms with van der Waals surface area (Å²) < 4.78 is 4.87. The van der Waals surface area contributed by atoms with Gasteiger partial charge in [0.2, 0.25) is 0 Å². The molecule has 0 aliphatic heterocycles. The molecule has 0 heterocycles. The summed E-state index contributed by atoms with van der Waals surface area (Å²) in [6.45, 7) is 1.57. The molecule has 3 amide bonds. The molecule has 2 rings (SSSR count). The van der Waals surface area contributed by atoms with E-state index in [2.05, 4.69) is 17.6 Å². The first-order valence-electron chi connectivity index (χ1n) is 8.08.